The van der Waals surface area contributed by atoms with Crippen LogP contribution in [0, 0.1) is 5.92 Å². The third kappa shape index (κ3) is 2.30. The Kier molecular flexibility index (Phi) is 3.44. The van der Waals surface area contributed by atoms with Crippen LogP contribution in [0.2, 0.25) is 0 Å². The van der Waals surface area contributed by atoms with E-state index in [2.05, 4.69) is 0 Å². The van der Waals surface area contributed by atoms with Gasteiger partial charge in [0.1, 0.15) is 6.10 Å². The molecule has 1 aliphatic carbocycles. The zero-order valence-corrected chi connectivity index (χ0v) is 12.0. The summed E-state index contributed by atoms with van der Waals surface area (Å²) in [5, 5.41) is 21.2. The van der Waals surface area contributed by atoms with Crippen molar-refractivity contribution < 1.29 is 14.9 Å². The maximum absolute atomic E-state index is 10.8. The molecule has 5 atom stereocenters. The fraction of sp³-hybridized carbons (Fsp3) is 0.529. The lowest BCUT2D eigenvalue weighted by Crippen LogP contribution is -2.55. The molecule has 2 aliphatic rings. The van der Waals surface area contributed by atoms with Gasteiger partial charge < -0.3 is 14.9 Å². The van der Waals surface area contributed by atoms with Crippen LogP contribution < -0.4 is 0 Å². The lowest BCUT2D eigenvalue weighted by Gasteiger charge is -2.49. The van der Waals surface area contributed by atoms with Gasteiger partial charge in [-0.3, -0.25) is 0 Å². The van der Waals surface area contributed by atoms with Crippen molar-refractivity contribution >= 4 is 0 Å². The second kappa shape index (κ2) is 4.99. The highest BCUT2D eigenvalue weighted by Crippen LogP contribution is 2.46. The van der Waals surface area contributed by atoms with Crippen molar-refractivity contribution in [1.82, 2.24) is 0 Å². The Morgan fingerprint density at radius 3 is 2.65 bits per heavy atom. The predicted molar refractivity (Wildman–Crippen MR) is 77.2 cm³/mol. The topological polar surface area (TPSA) is 49.7 Å². The molecule has 2 N–H and O–H groups in total. The molecule has 1 fully saturated rings. The van der Waals surface area contributed by atoms with Crippen molar-refractivity contribution in [1.29, 1.82) is 0 Å². The van der Waals surface area contributed by atoms with E-state index in [4.69, 9.17) is 4.74 Å². The number of benzene rings is 1. The molecule has 1 aromatic carbocycles. The van der Waals surface area contributed by atoms with Crippen molar-refractivity contribution in [3.8, 4) is 0 Å². The summed E-state index contributed by atoms with van der Waals surface area (Å²) in [7, 11) is 0. The molecule has 108 valence electrons. The zero-order valence-electron chi connectivity index (χ0n) is 12.0. The van der Waals surface area contributed by atoms with Crippen LogP contribution in [0.1, 0.15) is 38.4 Å². The Bertz CT molecular complexity index is 506. The Labute approximate surface area is 119 Å². The molecule has 1 heterocycles. The third-order valence-electron chi connectivity index (χ3n) is 4.76. The predicted octanol–water partition coefficient (Wildman–Crippen LogP) is 2.59. The quantitative estimate of drug-likeness (QED) is 0.774. The van der Waals surface area contributed by atoms with Gasteiger partial charge in [-0.25, -0.2) is 0 Å². The number of hydrogen-bond acceptors (Lipinski definition) is 3. The maximum atomic E-state index is 10.8. The highest BCUT2D eigenvalue weighted by Gasteiger charge is 2.49. The lowest BCUT2D eigenvalue weighted by atomic mass is 9.70. The molecule has 20 heavy (non-hydrogen) atoms. The van der Waals surface area contributed by atoms with Crippen molar-refractivity contribution in [3.05, 3.63) is 47.5 Å². The molecule has 0 spiro atoms. The number of hydrogen-bond donors (Lipinski definition) is 2. The van der Waals surface area contributed by atoms with Crippen LogP contribution in [0.25, 0.3) is 0 Å². The van der Waals surface area contributed by atoms with Crippen molar-refractivity contribution in [2.24, 2.45) is 5.92 Å². The molecular weight excluding hydrogens is 252 g/mol. The molecule has 1 saturated heterocycles. The largest absolute Gasteiger partial charge is 0.390 e. The maximum Gasteiger partial charge on any atom is 0.101 e. The van der Waals surface area contributed by atoms with E-state index in [1.54, 1.807) is 0 Å². The van der Waals surface area contributed by atoms with Crippen molar-refractivity contribution in [2.45, 2.75) is 50.6 Å². The second-order valence-corrected chi connectivity index (χ2v) is 6.30. The summed E-state index contributed by atoms with van der Waals surface area (Å²) in [4.78, 5) is 0. The second-order valence-electron chi connectivity index (χ2n) is 6.30. The Morgan fingerprint density at radius 1 is 1.25 bits per heavy atom. The molecule has 1 aromatic rings. The first-order valence-corrected chi connectivity index (χ1v) is 7.26. The standard InChI is InChI=1S/C17H22O3/c1-11-8-9-13-16(15(11)18)20-14(10-17(13,2)19)12-6-4-3-5-7-12/h3-8,13-16,18-19H,9-10H2,1-2H3. The minimum Gasteiger partial charge on any atom is -0.390 e. The summed E-state index contributed by atoms with van der Waals surface area (Å²) in [6.07, 6.45) is 2.25. The minimum absolute atomic E-state index is 0.0406. The normalized spacial score (nSPS) is 40.9. The molecule has 1 aliphatic heterocycles. The summed E-state index contributed by atoms with van der Waals surface area (Å²) in [6.45, 7) is 3.79. The number of rotatable bonds is 1. The number of aliphatic hydroxyl groups excluding tert-OH is 1. The van der Waals surface area contributed by atoms with Crippen LogP contribution >= 0.6 is 0 Å². The van der Waals surface area contributed by atoms with E-state index >= 15 is 0 Å². The van der Waals surface area contributed by atoms with E-state index < -0.39 is 11.7 Å². The first-order valence-electron chi connectivity index (χ1n) is 7.26. The summed E-state index contributed by atoms with van der Waals surface area (Å²) in [5.41, 5.74) is 1.18. The van der Waals surface area contributed by atoms with Crippen LogP contribution in [0.15, 0.2) is 42.0 Å². The van der Waals surface area contributed by atoms with E-state index in [0.717, 1.165) is 17.6 Å². The summed E-state index contributed by atoms with van der Waals surface area (Å²) in [6, 6.07) is 9.94. The van der Waals surface area contributed by atoms with E-state index in [-0.39, 0.29) is 18.1 Å². The fourth-order valence-electron chi connectivity index (χ4n) is 3.45. The summed E-state index contributed by atoms with van der Waals surface area (Å²) >= 11 is 0. The molecular formula is C17H22O3. The van der Waals surface area contributed by atoms with Crippen molar-refractivity contribution in [3.63, 3.8) is 0 Å². The van der Waals surface area contributed by atoms with Gasteiger partial charge >= 0.3 is 0 Å². The van der Waals surface area contributed by atoms with Crippen molar-refractivity contribution in [2.75, 3.05) is 0 Å². The van der Waals surface area contributed by atoms with Gasteiger partial charge in [-0.1, -0.05) is 36.4 Å². The van der Waals surface area contributed by atoms with Crippen LogP contribution in [0.3, 0.4) is 0 Å². The van der Waals surface area contributed by atoms with Gasteiger partial charge in [-0.2, -0.15) is 0 Å². The number of ether oxygens (including phenoxy) is 1. The third-order valence-corrected chi connectivity index (χ3v) is 4.76. The van der Waals surface area contributed by atoms with E-state index in [0.29, 0.717) is 6.42 Å². The molecule has 3 heteroatoms. The minimum atomic E-state index is -0.818. The molecule has 0 bridgehead atoms. The van der Waals surface area contributed by atoms with Gasteiger partial charge in [0.05, 0.1) is 17.8 Å². The Balaban J connectivity index is 1.91. The van der Waals surface area contributed by atoms with E-state index in [1.807, 2.05) is 50.3 Å². The molecule has 0 radical (unpaired) electrons. The average Bonchev–Trinajstić information content (AvgIpc) is 2.43. The SMILES string of the molecule is CC1=CCC2C(OC(c3ccccc3)CC2(C)O)C1O. The Morgan fingerprint density at radius 2 is 1.95 bits per heavy atom. The number of fused-ring (bicyclic) bond motifs is 1. The number of aliphatic hydroxyl groups is 2. The van der Waals surface area contributed by atoms with Gasteiger partial charge in [0.25, 0.3) is 0 Å². The molecule has 0 saturated carbocycles. The fourth-order valence-corrected chi connectivity index (χ4v) is 3.45. The van der Waals surface area contributed by atoms with Crippen LogP contribution in [-0.4, -0.2) is 28.0 Å². The molecule has 5 unspecified atom stereocenters. The van der Waals surface area contributed by atoms with Gasteiger partial charge in [-0.15, -0.1) is 0 Å². The summed E-state index contributed by atoms with van der Waals surface area (Å²) < 4.78 is 6.14. The molecule has 3 nitrogen and oxygen atoms in total. The van der Waals surface area contributed by atoms with E-state index in [9.17, 15) is 10.2 Å². The van der Waals surface area contributed by atoms with Gasteiger partial charge in [0, 0.05) is 12.3 Å². The average molecular weight is 274 g/mol. The first kappa shape index (κ1) is 13.8. The molecule has 3 rings (SSSR count). The van der Waals surface area contributed by atoms with Crippen LogP contribution in [0.5, 0.6) is 0 Å². The van der Waals surface area contributed by atoms with Gasteiger partial charge in [-0.05, 0) is 31.4 Å². The highest BCUT2D eigenvalue weighted by molar-refractivity contribution is 5.22. The number of allylic oxidation sites excluding steroid dienone is 1. The Hall–Kier alpha value is -1.16. The smallest absolute Gasteiger partial charge is 0.101 e. The first-order chi connectivity index (χ1) is 9.49. The monoisotopic (exact) mass is 274 g/mol. The lowest BCUT2D eigenvalue weighted by molar-refractivity contribution is -0.206. The molecule has 0 aromatic heterocycles. The summed E-state index contributed by atoms with van der Waals surface area (Å²) in [5.74, 6) is -0.0406. The van der Waals surface area contributed by atoms with Crippen LogP contribution in [0.4, 0.5) is 0 Å². The zero-order chi connectivity index (χ0) is 14.3. The van der Waals surface area contributed by atoms with E-state index in [1.165, 1.54) is 0 Å². The molecule has 0 amide bonds. The van der Waals surface area contributed by atoms with Gasteiger partial charge in [0.15, 0.2) is 0 Å². The highest BCUT2D eigenvalue weighted by atomic mass is 16.5. The van der Waals surface area contributed by atoms with Crippen LogP contribution in [-0.2, 0) is 4.74 Å². The van der Waals surface area contributed by atoms with Gasteiger partial charge in [0.2, 0.25) is 0 Å².